The first kappa shape index (κ1) is 15.3. The van der Waals surface area contributed by atoms with Crippen molar-refractivity contribution in [2.45, 2.75) is 17.7 Å². The molecule has 3 atom stereocenters. The molecule has 22 heavy (non-hydrogen) atoms. The van der Waals surface area contributed by atoms with Crippen LogP contribution in [0.15, 0.2) is 47.4 Å². The Morgan fingerprint density at radius 2 is 1.77 bits per heavy atom. The van der Waals surface area contributed by atoms with Crippen molar-refractivity contribution in [1.29, 1.82) is 0 Å². The normalized spacial score (nSPS) is 24.8. The highest BCUT2D eigenvalue weighted by molar-refractivity contribution is 7.85. The Hall–Kier alpha value is -1.62. The van der Waals surface area contributed by atoms with Crippen LogP contribution in [0.3, 0.4) is 0 Å². The van der Waals surface area contributed by atoms with Crippen LogP contribution in [0.25, 0.3) is 0 Å². The van der Waals surface area contributed by atoms with Crippen LogP contribution >= 0.6 is 0 Å². The first-order valence-electron chi connectivity index (χ1n) is 7.85. The number of hydrogen-bond acceptors (Lipinski definition) is 2. The maximum Gasteiger partial charge on any atom is 0.317 e. The van der Waals surface area contributed by atoms with Crippen LogP contribution in [0, 0.1) is 11.8 Å². The highest BCUT2D eigenvalue weighted by Gasteiger charge is 2.34. The molecule has 1 N–H and O–H groups in total. The quantitative estimate of drug-likeness (QED) is 0.867. The van der Waals surface area contributed by atoms with Crippen molar-refractivity contribution in [3.05, 3.63) is 42.5 Å². The van der Waals surface area contributed by atoms with Crippen molar-refractivity contribution in [3.63, 3.8) is 0 Å². The second-order valence-electron chi connectivity index (χ2n) is 5.96. The third kappa shape index (κ3) is 3.58. The monoisotopic (exact) mass is 318 g/mol. The molecule has 1 fully saturated rings. The van der Waals surface area contributed by atoms with Gasteiger partial charge in [-0.3, -0.25) is 4.21 Å². The van der Waals surface area contributed by atoms with Gasteiger partial charge in [-0.05, 0) is 36.8 Å². The summed E-state index contributed by atoms with van der Waals surface area (Å²) < 4.78 is 12.1. The van der Waals surface area contributed by atoms with E-state index in [0.29, 0.717) is 24.1 Å². The highest BCUT2D eigenvalue weighted by Crippen LogP contribution is 2.32. The lowest BCUT2D eigenvalue weighted by atomic mass is 9.86. The van der Waals surface area contributed by atoms with Gasteiger partial charge in [0.05, 0.1) is 10.8 Å². The number of rotatable bonds is 4. The molecule has 2 amide bonds. The third-order valence-corrected chi connectivity index (χ3v) is 5.85. The average Bonchev–Trinajstić information content (AvgIpc) is 2.99. The number of carbonyl (C=O) groups is 1. The summed E-state index contributed by atoms with van der Waals surface area (Å²) in [6.45, 7) is 2.15. The molecule has 118 valence electrons. The molecule has 0 bridgehead atoms. The van der Waals surface area contributed by atoms with Crippen molar-refractivity contribution in [1.82, 2.24) is 10.2 Å². The summed E-state index contributed by atoms with van der Waals surface area (Å²) >= 11 is 0. The Kier molecular flexibility index (Phi) is 4.93. The van der Waals surface area contributed by atoms with Crippen molar-refractivity contribution >= 4 is 16.8 Å². The molecule has 5 heteroatoms. The molecule has 1 aromatic rings. The van der Waals surface area contributed by atoms with Gasteiger partial charge in [0.25, 0.3) is 0 Å². The molecule has 1 aliphatic carbocycles. The van der Waals surface area contributed by atoms with E-state index in [2.05, 4.69) is 17.5 Å². The van der Waals surface area contributed by atoms with Crippen LogP contribution in [0.5, 0.6) is 0 Å². The topological polar surface area (TPSA) is 49.4 Å². The van der Waals surface area contributed by atoms with E-state index in [1.807, 2.05) is 35.2 Å². The van der Waals surface area contributed by atoms with Gasteiger partial charge >= 0.3 is 6.03 Å². The van der Waals surface area contributed by atoms with E-state index in [9.17, 15) is 9.00 Å². The summed E-state index contributed by atoms with van der Waals surface area (Å²) in [6.07, 6.45) is 6.64. The van der Waals surface area contributed by atoms with Gasteiger partial charge in [0.2, 0.25) is 0 Å². The molecule has 1 saturated heterocycles. The second-order valence-corrected chi connectivity index (χ2v) is 7.53. The standard InChI is InChI=1S/C17H22N2O2S/c20-17(19-12-14-6-4-5-7-15(14)13-19)18-10-11-22(21)16-8-2-1-3-9-16/h1-5,8-9,14-15H,6-7,10-13H2,(H,18,20)/t14-,15+,22-/m1/s1. The smallest absolute Gasteiger partial charge is 0.317 e. The Morgan fingerprint density at radius 3 is 2.41 bits per heavy atom. The minimum absolute atomic E-state index is 0.0144. The number of allylic oxidation sites excluding steroid dienone is 2. The molecule has 1 heterocycles. The van der Waals surface area contributed by atoms with E-state index < -0.39 is 10.8 Å². The first-order chi connectivity index (χ1) is 10.7. The SMILES string of the molecule is O=C(NCC[S@@](=O)c1ccccc1)N1C[C@H]2CC=CC[C@H]2C1. The van der Waals surface area contributed by atoms with Gasteiger partial charge < -0.3 is 10.2 Å². The molecule has 1 aromatic carbocycles. The minimum atomic E-state index is -1.05. The summed E-state index contributed by atoms with van der Waals surface area (Å²) in [7, 11) is -1.05. The predicted octanol–water partition coefficient (Wildman–Crippen LogP) is 2.40. The summed E-state index contributed by atoms with van der Waals surface area (Å²) in [4.78, 5) is 14.9. The summed E-state index contributed by atoms with van der Waals surface area (Å²) in [5.41, 5.74) is 0. The van der Waals surface area contributed by atoms with E-state index >= 15 is 0 Å². The average molecular weight is 318 g/mol. The number of hydrogen-bond donors (Lipinski definition) is 1. The van der Waals surface area contributed by atoms with Crippen LogP contribution in [-0.4, -0.2) is 40.5 Å². The van der Waals surface area contributed by atoms with E-state index in [0.717, 1.165) is 30.8 Å². The van der Waals surface area contributed by atoms with E-state index in [4.69, 9.17) is 0 Å². The van der Waals surface area contributed by atoms with Gasteiger partial charge in [0.15, 0.2) is 0 Å². The van der Waals surface area contributed by atoms with Gasteiger partial charge in [-0.2, -0.15) is 0 Å². The summed E-state index contributed by atoms with van der Waals surface area (Å²) in [5.74, 6) is 1.70. The molecular formula is C17H22N2O2S. The minimum Gasteiger partial charge on any atom is -0.337 e. The maximum absolute atomic E-state index is 12.2. The zero-order chi connectivity index (χ0) is 15.4. The van der Waals surface area contributed by atoms with E-state index in [1.165, 1.54) is 0 Å². The fourth-order valence-corrected chi connectivity index (χ4v) is 4.22. The van der Waals surface area contributed by atoms with Crippen LogP contribution < -0.4 is 5.32 Å². The molecule has 4 nitrogen and oxygen atoms in total. The van der Waals surface area contributed by atoms with Crippen LogP contribution in [0.4, 0.5) is 4.79 Å². The lowest BCUT2D eigenvalue weighted by Gasteiger charge is -2.17. The van der Waals surface area contributed by atoms with Gasteiger partial charge in [0.1, 0.15) is 0 Å². The van der Waals surface area contributed by atoms with Gasteiger partial charge in [0, 0.05) is 30.3 Å². The summed E-state index contributed by atoms with van der Waals surface area (Å²) in [5, 5.41) is 2.91. The largest absolute Gasteiger partial charge is 0.337 e. The molecule has 0 radical (unpaired) electrons. The van der Waals surface area contributed by atoms with Crippen LogP contribution in [0.2, 0.25) is 0 Å². The molecule has 1 aliphatic heterocycles. The Labute approximate surface area is 134 Å². The number of fused-ring (bicyclic) bond motifs is 1. The number of benzene rings is 1. The Balaban J connectivity index is 1.42. The van der Waals surface area contributed by atoms with Gasteiger partial charge in [-0.15, -0.1) is 0 Å². The highest BCUT2D eigenvalue weighted by atomic mass is 32.2. The molecule has 0 spiro atoms. The zero-order valence-corrected chi connectivity index (χ0v) is 13.4. The fraction of sp³-hybridized carbons (Fsp3) is 0.471. The maximum atomic E-state index is 12.2. The van der Waals surface area contributed by atoms with Crippen LogP contribution in [-0.2, 0) is 10.8 Å². The van der Waals surface area contributed by atoms with Gasteiger partial charge in [-0.1, -0.05) is 30.4 Å². The second kappa shape index (κ2) is 7.09. The van der Waals surface area contributed by atoms with Crippen LogP contribution in [0.1, 0.15) is 12.8 Å². The Morgan fingerprint density at radius 1 is 1.14 bits per heavy atom. The molecule has 2 aliphatic rings. The number of likely N-dealkylation sites (tertiary alicyclic amines) is 1. The Bertz CT molecular complexity index is 557. The van der Waals surface area contributed by atoms with Crippen molar-refractivity contribution < 1.29 is 9.00 Å². The predicted molar refractivity (Wildman–Crippen MR) is 88.0 cm³/mol. The van der Waals surface area contributed by atoms with Gasteiger partial charge in [-0.25, -0.2) is 4.79 Å². The van der Waals surface area contributed by atoms with E-state index in [1.54, 1.807) is 0 Å². The first-order valence-corrected chi connectivity index (χ1v) is 9.17. The zero-order valence-electron chi connectivity index (χ0n) is 12.6. The summed E-state index contributed by atoms with van der Waals surface area (Å²) in [6, 6.07) is 9.37. The number of urea groups is 1. The number of carbonyl (C=O) groups excluding carboxylic acids is 1. The molecule has 0 saturated carbocycles. The fourth-order valence-electron chi connectivity index (χ4n) is 3.23. The number of nitrogens with one attached hydrogen (secondary N) is 1. The lowest BCUT2D eigenvalue weighted by molar-refractivity contribution is 0.207. The van der Waals surface area contributed by atoms with Crippen molar-refractivity contribution in [2.24, 2.45) is 11.8 Å². The van der Waals surface area contributed by atoms with Crippen molar-refractivity contribution in [3.8, 4) is 0 Å². The molecule has 3 rings (SSSR count). The van der Waals surface area contributed by atoms with Crippen molar-refractivity contribution in [2.75, 3.05) is 25.4 Å². The number of nitrogens with zero attached hydrogens (tertiary/aromatic N) is 1. The van der Waals surface area contributed by atoms with E-state index in [-0.39, 0.29) is 6.03 Å². The lowest BCUT2D eigenvalue weighted by Crippen LogP contribution is -2.40. The molecule has 0 aromatic heterocycles. The third-order valence-electron chi connectivity index (χ3n) is 4.48. The molecular weight excluding hydrogens is 296 g/mol. The molecule has 0 unspecified atom stereocenters. The number of amides is 2.